The van der Waals surface area contributed by atoms with Gasteiger partial charge in [0.2, 0.25) is 0 Å². The van der Waals surface area contributed by atoms with Gasteiger partial charge in [-0.1, -0.05) is 28.1 Å². The van der Waals surface area contributed by atoms with Crippen LogP contribution in [-0.4, -0.2) is 12.9 Å². The monoisotopic (exact) mass is 340 g/mol. The van der Waals surface area contributed by atoms with Gasteiger partial charge in [-0.05, 0) is 29.8 Å². The Morgan fingerprint density at radius 1 is 1.20 bits per heavy atom. The molecule has 2 rings (SSSR count). The summed E-state index contributed by atoms with van der Waals surface area (Å²) in [5, 5.41) is 0. The van der Waals surface area contributed by atoms with Crippen LogP contribution in [-0.2, 0) is 6.42 Å². The molecule has 0 aliphatic rings. The minimum Gasteiger partial charge on any atom is -0.496 e. The minimum absolute atomic E-state index is 0.146. The van der Waals surface area contributed by atoms with Gasteiger partial charge in [0.05, 0.1) is 12.7 Å². The van der Waals surface area contributed by atoms with Crippen LogP contribution in [0.3, 0.4) is 0 Å². The molecule has 0 spiro atoms. The molecule has 0 radical (unpaired) electrons. The van der Waals surface area contributed by atoms with E-state index in [0.717, 1.165) is 0 Å². The lowest BCUT2D eigenvalue weighted by atomic mass is 10.0. The van der Waals surface area contributed by atoms with E-state index >= 15 is 0 Å². The summed E-state index contributed by atoms with van der Waals surface area (Å²) < 4.78 is 33.0. The summed E-state index contributed by atoms with van der Waals surface area (Å²) in [6, 6.07) is 8.50. The van der Waals surface area contributed by atoms with Crippen LogP contribution in [0.1, 0.15) is 15.9 Å². The number of Topliss-reactive ketones (excluding diaryl/α,β-unsaturated/α-hetero) is 1. The number of benzene rings is 2. The van der Waals surface area contributed by atoms with Crippen molar-refractivity contribution in [1.29, 1.82) is 0 Å². The molecule has 0 unspecified atom stereocenters. The average Bonchev–Trinajstić information content (AvgIpc) is 2.41. The Morgan fingerprint density at radius 2 is 1.95 bits per heavy atom. The van der Waals surface area contributed by atoms with Crippen molar-refractivity contribution in [3.05, 3.63) is 63.6 Å². The minimum atomic E-state index is -0.674. The normalized spacial score (nSPS) is 10.4. The molecule has 0 heterocycles. The lowest BCUT2D eigenvalue weighted by Gasteiger charge is -2.09. The molecule has 0 N–H and O–H groups in total. The molecule has 104 valence electrons. The first-order chi connectivity index (χ1) is 9.52. The van der Waals surface area contributed by atoms with E-state index in [0.29, 0.717) is 4.47 Å². The Hall–Kier alpha value is -1.75. The smallest absolute Gasteiger partial charge is 0.174 e. The van der Waals surface area contributed by atoms with Crippen LogP contribution in [0.5, 0.6) is 5.75 Å². The Kier molecular flexibility index (Phi) is 4.49. The van der Waals surface area contributed by atoms with Crippen molar-refractivity contribution in [2.75, 3.05) is 7.11 Å². The predicted molar refractivity (Wildman–Crippen MR) is 75.1 cm³/mol. The maximum Gasteiger partial charge on any atom is 0.174 e. The van der Waals surface area contributed by atoms with Crippen LogP contribution in [0.2, 0.25) is 0 Å². The molecule has 0 saturated heterocycles. The van der Waals surface area contributed by atoms with Gasteiger partial charge in [0.15, 0.2) is 5.78 Å². The first-order valence-corrected chi connectivity index (χ1v) is 6.62. The summed E-state index contributed by atoms with van der Waals surface area (Å²) in [4.78, 5) is 12.2. The molecule has 0 aliphatic carbocycles. The van der Waals surface area contributed by atoms with Crippen molar-refractivity contribution >= 4 is 21.7 Å². The summed E-state index contributed by atoms with van der Waals surface area (Å²) in [7, 11) is 1.35. The Balaban J connectivity index is 2.33. The summed E-state index contributed by atoms with van der Waals surface area (Å²) >= 11 is 3.14. The maximum atomic E-state index is 13.8. The summed E-state index contributed by atoms with van der Waals surface area (Å²) in [5.74, 6) is -1.57. The van der Waals surface area contributed by atoms with Crippen LogP contribution in [0, 0.1) is 11.6 Å². The van der Waals surface area contributed by atoms with Crippen LogP contribution < -0.4 is 4.74 Å². The van der Waals surface area contributed by atoms with Crippen molar-refractivity contribution in [2.45, 2.75) is 6.42 Å². The number of carbonyl (C=O) groups is 1. The molecule has 0 atom stereocenters. The van der Waals surface area contributed by atoms with E-state index in [9.17, 15) is 13.6 Å². The lowest BCUT2D eigenvalue weighted by molar-refractivity contribution is 0.0984. The number of ketones is 1. The van der Waals surface area contributed by atoms with E-state index in [1.807, 2.05) is 0 Å². The zero-order valence-electron chi connectivity index (χ0n) is 10.6. The zero-order chi connectivity index (χ0) is 14.7. The molecule has 0 aromatic heterocycles. The van der Waals surface area contributed by atoms with E-state index in [2.05, 4.69) is 15.9 Å². The van der Waals surface area contributed by atoms with E-state index < -0.39 is 17.4 Å². The fourth-order valence-corrected chi connectivity index (χ4v) is 2.20. The second kappa shape index (κ2) is 6.13. The molecule has 2 aromatic rings. The number of hydrogen-bond acceptors (Lipinski definition) is 2. The number of rotatable bonds is 4. The standard InChI is InChI=1S/C15H11BrF2O2/c1-20-14-4-2-3-11(17)15(14)13(19)7-9-5-6-10(16)8-12(9)18/h2-6,8H,7H2,1H3. The van der Waals surface area contributed by atoms with Gasteiger partial charge in [-0.15, -0.1) is 0 Å². The number of carbonyl (C=O) groups excluding carboxylic acids is 1. The second-order valence-electron chi connectivity index (χ2n) is 4.15. The SMILES string of the molecule is COc1cccc(F)c1C(=O)Cc1ccc(Br)cc1F. The quantitative estimate of drug-likeness (QED) is 0.781. The topological polar surface area (TPSA) is 26.3 Å². The van der Waals surface area contributed by atoms with E-state index in [1.54, 1.807) is 6.07 Å². The van der Waals surface area contributed by atoms with Gasteiger partial charge in [-0.25, -0.2) is 8.78 Å². The number of halogens is 3. The predicted octanol–water partition coefficient (Wildman–Crippen LogP) is 4.16. The molecular formula is C15H11BrF2O2. The molecule has 20 heavy (non-hydrogen) atoms. The van der Waals surface area contributed by atoms with Crippen molar-refractivity contribution in [2.24, 2.45) is 0 Å². The third-order valence-electron chi connectivity index (χ3n) is 2.84. The summed E-state index contributed by atoms with van der Waals surface area (Å²) in [5.41, 5.74) is 0.0563. The largest absolute Gasteiger partial charge is 0.496 e. The fraction of sp³-hybridized carbons (Fsp3) is 0.133. The van der Waals surface area contributed by atoms with Crippen molar-refractivity contribution in [3.8, 4) is 5.75 Å². The van der Waals surface area contributed by atoms with Gasteiger partial charge in [-0.3, -0.25) is 4.79 Å². The summed E-state index contributed by atoms with van der Waals surface area (Å²) in [6.45, 7) is 0. The van der Waals surface area contributed by atoms with E-state index in [-0.39, 0.29) is 23.3 Å². The Morgan fingerprint density at radius 3 is 2.60 bits per heavy atom. The molecular weight excluding hydrogens is 330 g/mol. The highest BCUT2D eigenvalue weighted by Gasteiger charge is 2.19. The first-order valence-electron chi connectivity index (χ1n) is 5.82. The van der Waals surface area contributed by atoms with Gasteiger partial charge in [0, 0.05) is 10.9 Å². The number of hydrogen-bond donors (Lipinski definition) is 0. The van der Waals surface area contributed by atoms with E-state index in [4.69, 9.17) is 4.74 Å². The molecule has 2 aromatic carbocycles. The third kappa shape index (κ3) is 3.04. The van der Waals surface area contributed by atoms with Gasteiger partial charge in [-0.2, -0.15) is 0 Å². The molecule has 0 saturated carbocycles. The van der Waals surface area contributed by atoms with Gasteiger partial charge in [0.25, 0.3) is 0 Å². The third-order valence-corrected chi connectivity index (χ3v) is 3.33. The highest BCUT2D eigenvalue weighted by molar-refractivity contribution is 9.10. The van der Waals surface area contributed by atoms with Crippen LogP contribution in [0.25, 0.3) is 0 Å². The highest BCUT2D eigenvalue weighted by Crippen LogP contribution is 2.24. The fourth-order valence-electron chi connectivity index (χ4n) is 1.87. The lowest BCUT2D eigenvalue weighted by Crippen LogP contribution is -2.09. The van der Waals surface area contributed by atoms with Crippen LogP contribution >= 0.6 is 15.9 Å². The van der Waals surface area contributed by atoms with Crippen molar-refractivity contribution < 1.29 is 18.3 Å². The van der Waals surface area contributed by atoms with Crippen molar-refractivity contribution in [3.63, 3.8) is 0 Å². The number of methoxy groups -OCH3 is 1. The number of ether oxygens (including phenoxy) is 1. The molecule has 5 heteroatoms. The van der Waals surface area contributed by atoms with Crippen LogP contribution in [0.4, 0.5) is 8.78 Å². The molecule has 0 fully saturated rings. The molecule has 0 aliphatic heterocycles. The van der Waals surface area contributed by atoms with Gasteiger partial charge >= 0.3 is 0 Å². The van der Waals surface area contributed by atoms with Crippen LogP contribution in [0.15, 0.2) is 40.9 Å². The molecule has 0 amide bonds. The molecule has 0 bridgehead atoms. The highest BCUT2D eigenvalue weighted by atomic mass is 79.9. The first kappa shape index (κ1) is 14.7. The van der Waals surface area contributed by atoms with Gasteiger partial charge in [0.1, 0.15) is 17.4 Å². The van der Waals surface area contributed by atoms with E-state index in [1.165, 1.54) is 37.4 Å². The molecule has 2 nitrogen and oxygen atoms in total. The van der Waals surface area contributed by atoms with Gasteiger partial charge < -0.3 is 4.74 Å². The Bertz CT molecular complexity index is 656. The average molecular weight is 341 g/mol. The van der Waals surface area contributed by atoms with Crippen molar-refractivity contribution in [1.82, 2.24) is 0 Å². The second-order valence-corrected chi connectivity index (χ2v) is 5.07. The maximum absolute atomic E-state index is 13.8. The summed E-state index contributed by atoms with van der Waals surface area (Å²) in [6.07, 6.45) is -0.226. The Labute approximate surface area is 123 Å². The zero-order valence-corrected chi connectivity index (χ0v) is 12.2.